The van der Waals surface area contributed by atoms with Gasteiger partial charge in [0.05, 0.1) is 39.3 Å². The minimum Gasteiger partial charge on any atom is -0.480 e. The normalized spacial score (nSPS) is 23.4. The minimum atomic E-state index is -4.59. The molecule has 29 heteroatoms. The van der Waals surface area contributed by atoms with Gasteiger partial charge in [0, 0.05) is 39.2 Å². The van der Waals surface area contributed by atoms with Gasteiger partial charge in [0.2, 0.25) is 35.4 Å². The SMILES string of the molecule is O=C(O)[C@@H]1[C@@H](CCc2cc(Cl)ccc2Cl)C(=O)N1C(=O)C[C@@H](C1CCCCC1)C(F)(F)F.O=C(O)[C@@H]1[C@@H](CCc2ccc(Br)s2)C(=O)N1C(=O)C[C@@H](C1CCCCC1)C(F)(F)F.O=C(O)[C@@H]1[C@@H](CCc2cccc(Cl)c2)C(=O)N1C(=O)C[C@@H](C1CCCCCCC1)C(F)(F)F. The van der Waals surface area contributed by atoms with E-state index in [1.165, 1.54) is 11.3 Å². The van der Waals surface area contributed by atoms with Gasteiger partial charge in [-0.25, -0.2) is 14.4 Å². The fourth-order valence-corrected chi connectivity index (χ4v) is 16.6. The summed E-state index contributed by atoms with van der Waals surface area (Å²) in [4.78, 5) is 114. The van der Waals surface area contributed by atoms with Crippen molar-refractivity contribution in [2.24, 2.45) is 53.3 Å². The van der Waals surface area contributed by atoms with E-state index in [-0.39, 0.29) is 25.7 Å². The lowest BCUT2D eigenvalue weighted by Gasteiger charge is -2.44. The molecule has 3 aliphatic heterocycles. The van der Waals surface area contributed by atoms with Gasteiger partial charge in [-0.15, -0.1) is 11.3 Å². The summed E-state index contributed by atoms with van der Waals surface area (Å²) in [6, 6.07) is 11.1. The Morgan fingerprint density at radius 3 is 1.17 bits per heavy atom. The summed E-state index contributed by atoms with van der Waals surface area (Å²) in [6.07, 6.45) is -3.97. The van der Waals surface area contributed by atoms with Crippen LogP contribution in [-0.4, -0.2) is 120 Å². The number of rotatable bonds is 21. The van der Waals surface area contributed by atoms with Crippen molar-refractivity contribution in [2.45, 2.75) is 204 Å². The monoisotopic (exact) mass is 1490 g/mol. The smallest absolute Gasteiger partial charge is 0.392 e. The summed E-state index contributed by atoms with van der Waals surface area (Å²) < 4.78 is 124. The first-order valence-electron chi connectivity index (χ1n) is 32.1. The van der Waals surface area contributed by atoms with Crippen molar-refractivity contribution in [3.63, 3.8) is 0 Å². The molecule has 6 aliphatic rings. The molecule has 3 saturated carbocycles. The summed E-state index contributed by atoms with van der Waals surface area (Å²) in [5.74, 6) is -19.9. The fourth-order valence-electron chi connectivity index (χ4n) is 14.5. The average molecular weight is 1490 g/mol. The van der Waals surface area contributed by atoms with Crippen LogP contribution in [0.5, 0.6) is 0 Å². The average Bonchev–Trinajstić information content (AvgIpc) is 0.790. The molecule has 3 aliphatic carbocycles. The van der Waals surface area contributed by atoms with Crippen molar-refractivity contribution >= 4 is 115 Å². The molecule has 524 valence electrons. The Balaban J connectivity index is 0.000000202. The van der Waals surface area contributed by atoms with Crippen LogP contribution in [0.1, 0.15) is 164 Å². The maximum Gasteiger partial charge on any atom is 0.392 e. The lowest BCUT2D eigenvalue weighted by atomic mass is 9.77. The molecule has 0 spiro atoms. The van der Waals surface area contributed by atoms with E-state index in [0.29, 0.717) is 125 Å². The number of aryl methyl sites for hydroxylation is 3. The van der Waals surface area contributed by atoms with E-state index in [1.54, 1.807) is 42.5 Å². The quantitative estimate of drug-likeness (QED) is 0.0669. The van der Waals surface area contributed by atoms with Crippen LogP contribution in [0, 0.1) is 53.3 Å². The van der Waals surface area contributed by atoms with Crippen LogP contribution in [-0.2, 0) is 62.4 Å². The van der Waals surface area contributed by atoms with Gasteiger partial charge in [-0.2, -0.15) is 39.5 Å². The second-order valence-corrected chi connectivity index (χ2v) is 29.4. The van der Waals surface area contributed by atoms with Crippen LogP contribution < -0.4 is 0 Å². The molecule has 0 unspecified atom stereocenters. The summed E-state index contributed by atoms with van der Waals surface area (Å²) in [6.45, 7) is 0. The predicted molar refractivity (Wildman–Crippen MR) is 337 cm³/mol. The zero-order valence-electron chi connectivity index (χ0n) is 51.7. The van der Waals surface area contributed by atoms with Gasteiger partial charge in [0.15, 0.2) is 0 Å². The molecule has 6 fully saturated rings. The van der Waals surface area contributed by atoms with E-state index in [4.69, 9.17) is 34.8 Å². The number of hydrogen-bond acceptors (Lipinski definition) is 10. The Morgan fingerprint density at radius 2 is 0.821 bits per heavy atom. The third-order valence-corrected chi connectivity index (χ3v) is 22.0. The van der Waals surface area contributed by atoms with Crippen LogP contribution >= 0.6 is 62.1 Å². The van der Waals surface area contributed by atoms with Gasteiger partial charge in [-0.3, -0.25) is 43.5 Å². The van der Waals surface area contributed by atoms with Crippen molar-refractivity contribution < 1.29 is 98.0 Å². The highest BCUT2D eigenvalue weighted by Crippen LogP contribution is 2.47. The standard InChI is InChI=1S/C24H29ClF3NO4.C22H24Cl2F3NO4.C20H23BrF3NO4S/c25-17-10-6-7-15(13-17)11-12-18-21(23(32)33)29(22(18)31)20(30)14-19(24(26,27)28)16-8-4-2-1-3-5-9-16;23-14-7-9-17(24)13(10-14)6-8-15-19(21(31)32)28(20(15)30)18(29)11-16(22(25,26)27)12-4-2-1-3-5-12;21-15-9-7-12(30-15)6-8-13-17(19(28)29)25(18(13)27)16(26)10-14(20(22,23)24)11-4-2-1-3-5-11/h6-7,10,13,16,18-19,21H,1-5,8-9,11-12,14H2,(H,32,33);7,9-10,12,15-16,19H,1-6,8,11H2,(H,31,32);7,9,11,13-14,17H,1-6,8,10H2,(H,28,29)/t18-,19+,21+;15-,16+,19+;13-,14+,17+/m111/s1. The summed E-state index contributed by atoms with van der Waals surface area (Å²) in [7, 11) is 0. The summed E-state index contributed by atoms with van der Waals surface area (Å²) >= 11 is 22.8. The van der Waals surface area contributed by atoms with Crippen LogP contribution in [0.2, 0.25) is 15.1 Å². The third kappa shape index (κ3) is 20.2. The first kappa shape index (κ1) is 77.0. The molecule has 3 saturated heterocycles. The molecule has 3 aromatic rings. The van der Waals surface area contributed by atoms with Crippen molar-refractivity contribution in [3.05, 3.63) is 89.5 Å². The van der Waals surface area contributed by atoms with Gasteiger partial charge >= 0.3 is 36.4 Å². The highest BCUT2D eigenvalue weighted by atomic mass is 79.9. The van der Waals surface area contributed by atoms with E-state index < -0.39 is 163 Å². The van der Waals surface area contributed by atoms with Crippen molar-refractivity contribution in [1.29, 1.82) is 0 Å². The number of carbonyl (C=O) groups excluding carboxylic acids is 6. The third-order valence-electron chi connectivity index (χ3n) is 19.5. The Hall–Kier alpha value is -5.31. The number of alkyl halides is 9. The van der Waals surface area contributed by atoms with Crippen LogP contribution in [0.25, 0.3) is 0 Å². The molecule has 3 N–H and O–H groups in total. The Bertz CT molecular complexity index is 3230. The van der Waals surface area contributed by atoms with Crippen LogP contribution in [0.15, 0.2) is 58.4 Å². The number of carboxylic acid groups (broad SMARTS) is 3. The maximum absolute atomic E-state index is 13.9. The lowest BCUT2D eigenvalue weighted by Crippen LogP contribution is -2.66. The number of carbonyl (C=O) groups is 9. The van der Waals surface area contributed by atoms with Crippen LogP contribution in [0.3, 0.4) is 0 Å². The molecule has 0 radical (unpaired) electrons. The van der Waals surface area contributed by atoms with Crippen molar-refractivity contribution in [3.8, 4) is 0 Å². The zero-order valence-corrected chi connectivity index (χ0v) is 56.4. The van der Waals surface area contributed by atoms with E-state index in [0.717, 1.165) is 46.3 Å². The van der Waals surface area contributed by atoms with Gasteiger partial charge < -0.3 is 15.3 Å². The number of nitrogens with zero attached hydrogens (tertiary/aromatic N) is 3. The lowest BCUT2D eigenvalue weighted by molar-refractivity contribution is -0.200. The predicted octanol–water partition coefficient (Wildman–Crippen LogP) is 16.2. The van der Waals surface area contributed by atoms with Gasteiger partial charge in [-0.1, -0.05) is 118 Å². The number of aliphatic carboxylic acids is 3. The molecule has 9 rings (SSSR count). The number of carboxylic acids is 3. The molecule has 15 nitrogen and oxygen atoms in total. The first-order valence-corrected chi connectivity index (χ1v) is 34.8. The molecule has 2 aromatic carbocycles. The van der Waals surface area contributed by atoms with Gasteiger partial charge in [0.25, 0.3) is 0 Å². The molecular formula is C66H76BrCl3F9N3O12S. The molecule has 6 amide bonds. The van der Waals surface area contributed by atoms with Gasteiger partial charge in [0.1, 0.15) is 18.1 Å². The molecule has 9 atom stereocenters. The molecular weight excluding hydrogens is 1420 g/mol. The first-order chi connectivity index (χ1) is 44.7. The molecule has 0 bridgehead atoms. The largest absolute Gasteiger partial charge is 0.480 e. The number of β-lactam (4-membered cyclic amide) rings is 3. The van der Waals surface area contributed by atoms with Crippen molar-refractivity contribution in [2.75, 3.05) is 0 Å². The van der Waals surface area contributed by atoms with E-state index >= 15 is 0 Å². The molecule has 4 heterocycles. The summed E-state index contributed by atoms with van der Waals surface area (Å²) in [5, 5.41) is 30.0. The number of thiophene rings is 1. The van der Waals surface area contributed by atoms with Crippen LogP contribution in [0.4, 0.5) is 39.5 Å². The van der Waals surface area contributed by atoms with E-state index in [1.807, 2.05) is 12.1 Å². The zero-order chi connectivity index (χ0) is 69.9. The number of benzene rings is 2. The second-order valence-electron chi connectivity index (χ2n) is 25.6. The Morgan fingerprint density at radius 1 is 0.474 bits per heavy atom. The Labute approximate surface area is 571 Å². The topological polar surface area (TPSA) is 224 Å². The fraction of sp³-hybridized carbons (Fsp3) is 0.621. The number of halogens is 13. The summed E-state index contributed by atoms with van der Waals surface area (Å²) in [5.41, 5.74) is 1.43. The number of hydrogen-bond donors (Lipinski definition) is 3. The highest BCUT2D eigenvalue weighted by molar-refractivity contribution is 9.11. The number of imide groups is 3. The maximum atomic E-state index is 13.9. The van der Waals surface area contributed by atoms with Gasteiger partial charge in [-0.05, 0) is 164 Å². The highest BCUT2D eigenvalue weighted by Gasteiger charge is 2.59. The second kappa shape index (κ2) is 34.0. The van der Waals surface area contributed by atoms with E-state index in [9.17, 15) is 98.0 Å². The molecule has 95 heavy (non-hydrogen) atoms. The molecule has 1 aromatic heterocycles. The minimum absolute atomic E-state index is 0.0883. The van der Waals surface area contributed by atoms with E-state index in [2.05, 4.69) is 15.9 Å². The Kier molecular flexibility index (Phi) is 27.6. The number of amides is 6. The number of likely N-dealkylation sites (tertiary alicyclic amines) is 3. The van der Waals surface area contributed by atoms with Crippen molar-refractivity contribution in [1.82, 2.24) is 14.7 Å².